The molecule has 1 unspecified atom stereocenters. The molecule has 5 nitrogen and oxygen atoms in total. The molecule has 34 heavy (non-hydrogen) atoms. The second kappa shape index (κ2) is 10.9. The number of carboxylic acids is 1. The molecule has 0 spiro atoms. The van der Waals surface area contributed by atoms with Gasteiger partial charge in [0, 0.05) is 11.1 Å². The molecular weight excluding hydrogens is 571 g/mol. The van der Waals surface area contributed by atoms with E-state index >= 15 is 0 Å². The molecule has 3 aromatic rings. The van der Waals surface area contributed by atoms with E-state index in [1.165, 1.54) is 12.1 Å². The Morgan fingerprint density at radius 1 is 1.03 bits per heavy atom. The number of carboxylic acid groups (broad SMARTS) is 1. The number of ether oxygens (including phenoxy) is 2. The van der Waals surface area contributed by atoms with Gasteiger partial charge in [0.1, 0.15) is 23.4 Å². The molecule has 0 bridgehead atoms. The number of aliphatic hydroxyl groups excluding tert-OH is 1. The van der Waals surface area contributed by atoms with Crippen LogP contribution in [0.15, 0.2) is 51.4 Å². The number of halogens is 3. The Balaban J connectivity index is 2.14. The average molecular weight is 596 g/mol. The van der Waals surface area contributed by atoms with Crippen molar-refractivity contribution in [3.05, 3.63) is 85.0 Å². The minimum absolute atomic E-state index is 0.112. The summed E-state index contributed by atoms with van der Waals surface area (Å²) in [4.78, 5) is 11.1. The molecule has 8 heteroatoms. The predicted molar refractivity (Wildman–Crippen MR) is 136 cm³/mol. The molecule has 0 aliphatic rings. The lowest BCUT2D eigenvalue weighted by molar-refractivity contribution is -0.136. The molecule has 3 aromatic carbocycles. The number of aliphatic carboxylic acids is 1. The zero-order valence-electron chi connectivity index (χ0n) is 19.2. The Morgan fingerprint density at radius 3 is 2.18 bits per heavy atom. The van der Waals surface area contributed by atoms with Crippen molar-refractivity contribution in [1.82, 2.24) is 0 Å². The smallest absolute Gasteiger partial charge is 0.307 e. The van der Waals surface area contributed by atoms with Crippen molar-refractivity contribution in [3.8, 4) is 17.2 Å². The first-order valence-electron chi connectivity index (χ1n) is 10.5. The van der Waals surface area contributed by atoms with E-state index < -0.39 is 12.1 Å². The number of aliphatic hydroxyl groups is 1. The summed E-state index contributed by atoms with van der Waals surface area (Å²) in [7, 11) is 1.56. The number of methoxy groups -OCH3 is 1. The summed E-state index contributed by atoms with van der Waals surface area (Å²) in [6.45, 7) is 5.68. The van der Waals surface area contributed by atoms with Crippen LogP contribution in [-0.2, 0) is 11.2 Å². The van der Waals surface area contributed by atoms with E-state index in [0.29, 0.717) is 48.4 Å². The van der Waals surface area contributed by atoms with Gasteiger partial charge in [-0.3, -0.25) is 4.79 Å². The zero-order chi connectivity index (χ0) is 25.2. The second-order valence-corrected chi connectivity index (χ2v) is 9.97. The van der Waals surface area contributed by atoms with Gasteiger partial charge in [-0.25, -0.2) is 4.39 Å². The van der Waals surface area contributed by atoms with E-state index in [1.807, 2.05) is 19.9 Å². The van der Waals surface area contributed by atoms with Crippen LogP contribution in [0, 0.1) is 12.7 Å². The van der Waals surface area contributed by atoms with Crippen molar-refractivity contribution in [2.75, 3.05) is 7.11 Å². The summed E-state index contributed by atoms with van der Waals surface area (Å²) in [6.07, 6.45) is -1.24. The van der Waals surface area contributed by atoms with E-state index in [-0.39, 0.29) is 18.2 Å². The van der Waals surface area contributed by atoms with E-state index in [0.717, 1.165) is 5.56 Å². The molecule has 0 heterocycles. The van der Waals surface area contributed by atoms with Crippen LogP contribution in [0.1, 0.15) is 53.7 Å². The van der Waals surface area contributed by atoms with Crippen molar-refractivity contribution in [1.29, 1.82) is 0 Å². The third-order valence-corrected chi connectivity index (χ3v) is 6.58. The summed E-state index contributed by atoms with van der Waals surface area (Å²) < 4.78 is 26.8. The highest BCUT2D eigenvalue weighted by molar-refractivity contribution is 9.11. The summed E-state index contributed by atoms with van der Waals surface area (Å²) in [5.74, 6) is 0.245. The van der Waals surface area contributed by atoms with Crippen LogP contribution in [0.3, 0.4) is 0 Å². The quantitative estimate of drug-likeness (QED) is 0.286. The van der Waals surface area contributed by atoms with E-state index in [2.05, 4.69) is 31.9 Å². The first-order chi connectivity index (χ1) is 16.0. The summed E-state index contributed by atoms with van der Waals surface area (Å²) in [6, 6.07) is 11.4. The molecular formula is C26H25Br2FO5. The van der Waals surface area contributed by atoms with Crippen LogP contribution >= 0.6 is 31.9 Å². The molecule has 0 aromatic heterocycles. The van der Waals surface area contributed by atoms with Crippen LogP contribution in [0.5, 0.6) is 17.2 Å². The van der Waals surface area contributed by atoms with Crippen molar-refractivity contribution in [2.45, 2.75) is 39.2 Å². The Morgan fingerprint density at radius 2 is 1.65 bits per heavy atom. The Bertz CT molecular complexity index is 1200. The lowest BCUT2D eigenvalue weighted by Gasteiger charge is -2.22. The molecule has 0 aliphatic heterocycles. The minimum atomic E-state index is -1.10. The lowest BCUT2D eigenvalue weighted by atomic mass is 9.94. The maximum absolute atomic E-state index is 13.8. The number of hydrogen-bond acceptors (Lipinski definition) is 4. The third kappa shape index (κ3) is 5.79. The maximum Gasteiger partial charge on any atom is 0.307 e. The Labute approximate surface area is 214 Å². The maximum atomic E-state index is 13.8. The molecule has 0 aliphatic carbocycles. The van der Waals surface area contributed by atoms with E-state index in [4.69, 9.17) is 14.6 Å². The van der Waals surface area contributed by atoms with Gasteiger partial charge in [0.05, 0.1) is 22.5 Å². The van der Waals surface area contributed by atoms with Gasteiger partial charge in [-0.1, -0.05) is 26.0 Å². The Kier molecular flexibility index (Phi) is 8.38. The number of carbonyl (C=O) groups is 1. The summed E-state index contributed by atoms with van der Waals surface area (Å²) in [5, 5.41) is 20.4. The first kappa shape index (κ1) is 26.2. The zero-order valence-corrected chi connectivity index (χ0v) is 22.3. The average Bonchev–Trinajstić information content (AvgIpc) is 2.76. The van der Waals surface area contributed by atoms with Crippen LogP contribution in [0.2, 0.25) is 0 Å². The molecule has 0 saturated heterocycles. The minimum Gasteiger partial charge on any atom is -0.496 e. The standard InChI is InChI=1S/C26H25Br2FO5/c1-13(2)17-11-23(34-26-19(27)8-15(9-20(26)28)10-24(30)31)18(12-22(17)33-4)25(32)16-5-6-21(29)14(3)7-16/h5-9,11-13,25,32H,10H2,1-4H3,(H,30,31). The van der Waals surface area contributed by atoms with Crippen LogP contribution in [-0.4, -0.2) is 23.3 Å². The predicted octanol–water partition coefficient (Wildman–Crippen LogP) is 7.29. The Hall–Kier alpha value is -2.42. The monoisotopic (exact) mass is 594 g/mol. The highest BCUT2D eigenvalue weighted by atomic mass is 79.9. The van der Waals surface area contributed by atoms with Gasteiger partial charge in [0.25, 0.3) is 0 Å². The number of rotatable bonds is 8. The normalized spacial score (nSPS) is 12.0. The van der Waals surface area contributed by atoms with Gasteiger partial charge in [0.2, 0.25) is 0 Å². The fourth-order valence-corrected chi connectivity index (χ4v) is 5.08. The lowest BCUT2D eigenvalue weighted by Crippen LogP contribution is -2.06. The van der Waals surface area contributed by atoms with E-state index in [1.54, 1.807) is 38.3 Å². The second-order valence-electron chi connectivity index (χ2n) is 8.26. The molecule has 1 atom stereocenters. The number of benzene rings is 3. The van der Waals surface area contributed by atoms with Crippen LogP contribution in [0.4, 0.5) is 4.39 Å². The van der Waals surface area contributed by atoms with Gasteiger partial charge >= 0.3 is 5.97 Å². The molecule has 2 N–H and O–H groups in total. The van der Waals surface area contributed by atoms with Crippen molar-refractivity contribution < 1.29 is 28.9 Å². The van der Waals surface area contributed by atoms with Crippen molar-refractivity contribution in [2.24, 2.45) is 0 Å². The molecule has 0 radical (unpaired) electrons. The van der Waals surface area contributed by atoms with Crippen LogP contribution in [0.25, 0.3) is 0 Å². The largest absolute Gasteiger partial charge is 0.496 e. The third-order valence-electron chi connectivity index (χ3n) is 5.40. The fraction of sp³-hybridized carbons (Fsp3) is 0.269. The molecule has 0 saturated carbocycles. The number of aryl methyl sites for hydroxylation is 1. The highest BCUT2D eigenvalue weighted by Crippen LogP contribution is 2.44. The fourth-order valence-electron chi connectivity index (χ4n) is 3.64. The number of hydrogen-bond donors (Lipinski definition) is 2. The van der Waals surface area contributed by atoms with Gasteiger partial charge in [0.15, 0.2) is 5.75 Å². The molecule has 0 fully saturated rings. The first-order valence-corrected chi connectivity index (χ1v) is 12.1. The topological polar surface area (TPSA) is 76.0 Å². The van der Waals surface area contributed by atoms with Gasteiger partial charge in [-0.15, -0.1) is 0 Å². The van der Waals surface area contributed by atoms with Crippen molar-refractivity contribution in [3.63, 3.8) is 0 Å². The molecule has 180 valence electrons. The summed E-state index contributed by atoms with van der Waals surface area (Å²) in [5.41, 5.74) is 2.86. The van der Waals surface area contributed by atoms with Gasteiger partial charge in [-0.05, 0) is 91.7 Å². The summed E-state index contributed by atoms with van der Waals surface area (Å²) >= 11 is 6.94. The molecule has 0 amide bonds. The van der Waals surface area contributed by atoms with E-state index in [9.17, 15) is 14.3 Å². The highest BCUT2D eigenvalue weighted by Gasteiger charge is 2.23. The van der Waals surface area contributed by atoms with Crippen LogP contribution < -0.4 is 9.47 Å². The SMILES string of the molecule is COc1cc(C(O)c2ccc(F)c(C)c2)c(Oc2c(Br)cc(CC(=O)O)cc2Br)cc1C(C)C. The molecule has 3 rings (SSSR count). The van der Waals surface area contributed by atoms with Gasteiger partial charge in [-0.2, -0.15) is 0 Å². The van der Waals surface area contributed by atoms with Gasteiger partial charge < -0.3 is 19.7 Å². The van der Waals surface area contributed by atoms with Crippen molar-refractivity contribution >= 4 is 37.8 Å².